The number of piperidine rings is 1. The van der Waals surface area contributed by atoms with Crippen molar-refractivity contribution < 1.29 is 8.42 Å². The number of rotatable bonds is 5. The number of anilines is 1. The molecule has 0 atom stereocenters. The molecule has 0 aromatic carbocycles. The highest BCUT2D eigenvalue weighted by Gasteiger charge is 2.33. The number of hydrogen-bond acceptors (Lipinski definition) is 5. The molecule has 2 N–H and O–H groups in total. The minimum absolute atomic E-state index is 0.0579. The van der Waals surface area contributed by atoms with Crippen LogP contribution in [0.15, 0.2) is 12.4 Å². The highest BCUT2D eigenvalue weighted by atomic mass is 35.5. The quantitative estimate of drug-likeness (QED) is 0.770. The molecular formula is C19H29ClN6O2S. The van der Waals surface area contributed by atoms with Crippen LogP contribution >= 0.6 is 11.6 Å². The summed E-state index contributed by atoms with van der Waals surface area (Å²) in [6.45, 7) is 3.98. The van der Waals surface area contributed by atoms with E-state index in [2.05, 4.69) is 15.0 Å². The molecule has 0 bridgehead atoms. The largest absolute Gasteiger partial charge is 0.355 e. The van der Waals surface area contributed by atoms with Gasteiger partial charge in [0, 0.05) is 25.7 Å². The van der Waals surface area contributed by atoms with Crippen molar-refractivity contribution in [2.75, 3.05) is 24.5 Å². The molecule has 1 saturated heterocycles. The molecule has 8 nitrogen and oxygen atoms in total. The fourth-order valence-electron chi connectivity index (χ4n) is 4.84. The average Bonchev–Trinajstić information content (AvgIpc) is 3.00. The fourth-order valence-corrected chi connectivity index (χ4v) is 6.18. The first-order chi connectivity index (χ1) is 13.8. The third kappa shape index (κ3) is 4.38. The summed E-state index contributed by atoms with van der Waals surface area (Å²) >= 11 is 6.26. The molecule has 0 unspecified atom stereocenters. The van der Waals surface area contributed by atoms with E-state index >= 15 is 0 Å². The highest BCUT2D eigenvalue weighted by Crippen LogP contribution is 2.31. The van der Waals surface area contributed by atoms with Gasteiger partial charge in [-0.25, -0.2) is 14.6 Å². The fraction of sp³-hybridized carbons (Fsp3) is 0.684. The van der Waals surface area contributed by atoms with E-state index in [9.17, 15) is 8.42 Å². The molecule has 0 amide bonds. The number of halogens is 1. The number of nitrogens with two attached hydrogens (primary N) is 1. The smallest absolute Gasteiger partial charge is 0.277 e. The number of fused-ring (bicyclic) bond motifs is 1. The molecule has 4 rings (SSSR count). The molecule has 3 heterocycles. The van der Waals surface area contributed by atoms with Crippen LogP contribution in [0.1, 0.15) is 50.5 Å². The Hall–Kier alpha value is -1.42. The van der Waals surface area contributed by atoms with E-state index in [1.54, 1.807) is 8.82 Å². The summed E-state index contributed by atoms with van der Waals surface area (Å²) in [5, 5.41) is 10.4. The van der Waals surface area contributed by atoms with Crippen molar-refractivity contribution in [1.29, 1.82) is 0 Å². The van der Waals surface area contributed by atoms with Crippen molar-refractivity contribution in [2.24, 2.45) is 11.1 Å². The van der Waals surface area contributed by atoms with Gasteiger partial charge in [0.1, 0.15) is 17.0 Å². The van der Waals surface area contributed by atoms with Crippen LogP contribution in [0, 0.1) is 12.8 Å². The second kappa shape index (κ2) is 8.37. The first-order valence-electron chi connectivity index (χ1n) is 10.4. The molecular weight excluding hydrogens is 412 g/mol. The minimum Gasteiger partial charge on any atom is -0.355 e. The maximum atomic E-state index is 12.3. The van der Waals surface area contributed by atoms with Gasteiger partial charge in [-0.2, -0.15) is 17.8 Å². The van der Waals surface area contributed by atoms with E-state index in [1.165, 1.54) is 25.6 Å². The monoisotopic (exact) mass is 440 g/mol. The summed E-state index contributed by atoms with van der Waals surface area (Å²) < 4.78 is 27.9. The molecule has 0 spiro atoms. The second-order valence-electron chi connectivity index (χ2n) is 8.33. The zero-order valence-corrected chi connectivity index (χ0v) is 18.4. The highest BCUT2D eigenvalue weighted by molar-refractivity contribution is 7.86. The third-order valence-electron chi connectivity index (χ3n) is 6.34. The number of nitrogens with zero attached hydrogens (tertiary/aromatic N) is 5. The second-order valence-corrected chi connectivity index (χ2v) is 10.2. The van der Waals surface area contributed by atoms with Gasteiger partial charge in [-0.15, -0.1) is 0 Å². The zero-order chi connectivity index (χ0) is 20.6. The minimum atomic E-state index is -3.72. The molecule has 29 heavy (non-hydrogen) atoms. The van der Waals surface area contributed by atoms with Gasteiger partial charge in [0.05, 0.1) is 0 Å². The van der Waals surface area contributed by atoms with Crippen molar-refractivity contribution in [3.8, 4) is 0 Å². The van der Waals surface area contributed by atoms with Crippen LogP contribution in [0.4, 0.5) is 5.82 Å². The summed E-state index contributed by atoms with van der Waals surface area (Å²) in [5.41, 5.74) is 1.93. The Morgan fingerprint density at radius 2 is 1.90 bits per heavy atom. The molecule has 0 radical (unpaired) electrons. The number of aryl methyl sites for hydroxylation is 1. The van der Waals surface area contributed by atoms with Crippen molar-refractivity contribution in [1.82, 2.24) is 18.9 Å². The van der Waals surface area contributed by atoms with Crippen LogP contribution in [0.2, 0.25) is 5.15 Å². The third-order valence-corrected chi connectivity index (χ3v) is 7.71. The maximum absolute atomic E-state index is 12.3. The van der Waals surface area contributed by atoms with E-state index in [0.717, 1.165) is 55.7 Å². The molecule has 1 saturated carbocycles. The maximum Gasteiger partial charge on any atom is 0.277 e. The van der Waals surface area contributed by atoms with Gasteiger partial charge < -0.3 is 4.90 Å². The first-order valence-corrected chi connectivity index (χ1v) is 12.3. The van der Waals surface area contributed by atoms with Crippen molar-refractivity contribution in [3.63, 3.8) is 0 Å². The van der Waals surface area contributed by atoms with E-state index in [-0.39, 0.29) is 6.04 Å². The lowest BCUT2D eigenvalue weighted by Crippen LogP contribution is -2.51. The van der Waals surface area contributed by atoms with Gasteiger partial charge in [0.2, 0.25) is 0 Å². The Morgan fingerprint density at radius 1 is 1.21 bits per heavy atom. The standard InChI is InChI=1S/C19H29ClN6O2S/c1-14-11-17(20)26-18(14)19(22-13-23-26)24-9-7-16(8-10-24)25(29(21,27)28)12-15-5-3-2-4-6-15/h11,13,15-16H,2-10,12H2,1H3,(H2,21,27,28). The summed E-state index contributed by atoms with van der Waals surface area (Å²) in [5.74, 6) is 1.27. The van der Waals surface area contributed by atoms with E-state index < -0.39 is 10.2 Å². The van der Waals surface area contributed by atoms with Crippen LogP contribution in [0.25, 0.3) is 5.52 Å². The predicted molar refractivity (Wildman–Crippen MR) is 114 cm³/mol. The van der Waals surface area contributed by atoms with E-state index in [1.807, 2.05) is 13.0 Å². The van der Waals surface area contributed by atoms with Gasteiger partial charge in [-0.3, -0.25) is 0 Å². The van der Waals surface area contributed by atoms with Crippen LogP contribution in [-0.2, 0) is 10.2 Å². The zero-order valence-electron chi connectivity index (χ0n) is 16.8. The predicted octanol–water partition coefficient (Wildman–Crippen LogP) is 2.75. The topological polar surface area (TPSA) is 96.8 Å². The van der Waals surface area contributed by atoms with E-state index in [4.69, 9.17) is 16.7 Å². The molecule has 2 aliphatic rings. The summed E-state index contributed by atoms with van der Waals surface area (Å²) in [6.07, 6.45) is 8.78. The van der Waals surface area contributed by atoms with Gasteiger partial charge in [0.15, 0.2) is 5.82 Å². The SMILES string of the molecule is Cc1cc(Cl)n2ncnc(N3CCC(N(CC4CCCCC4)S(N)(=O)=O)CC3)c12. The normalized spacial score (nSPS) is 20.1. The Labute approximate surface area is 177 Å². The average molecular weight is 441 g/mol. The van der Waals surface area contributed by atoms with Crippen LogP contribution in [0.5, 0.6) is 0 Å². The Morgan fingerprint density at radius 3 is 2.55 bits per heavy atom. The molecule has 160 valence electrons. The first kappa shape index (κ1) is 20.8. The Bertz CT molecular complexity index is 964. The van der Waals surface area contributed by atoms with Gasteiger partial charge in [-0.05, 0) is 50.2 Å². The van der Waals surface area contributed by atoms with Crippen LogP contribution in [0.3, 0.4) is 0 Å². The summed E-state index contributed by atoms with van der Waals surface area (Å²) in [7, 11) is -3.72. The lowest BCUT2D eigenvalue weighted by atomic mass is 9.89. The van der Waals surface area contributed by atoms with Crippen LogP contribution < -0.4 is 10.0 Å². The Balaban J connectivity index is 1.49. The number of aromatic nitrogens is 3. The van der Waals surface area contributed by atoms with Gasteiger partial charge >= 0.3 is 0 Å². The van der Waals surface area contributed by atoms with E-state index in [0.29, 0.717) is 17.6 Å². The van der Waals surface area contributed by atoms with Crippen LogP contribution in [-0.4, -0.2) is 53.0 Å². The molecule has 2 aromatic heterocycles. The van der Waals surface area contributed by atoms with Gasteiger partial charge in [0.25, 0.3) is 10.2 Å². The summed E-state index contributed by atoms with van der Waals surface area (Å²) in [4.78, 5) is 6.69. The molecule has 1 aliphatic carbocycles. The molecule has 2 aromatic rings. The molecule has 2 fully saturated rings. The van der Waals surface area contributed by atoms with Crippen molar-refractivity contribution in [2.45, 2.75) is 57.9 Å². The lowest BCUT2D eigenvalue weighted by Gasteiger charge is -2.39. The summed E-state index contributed by atoms with van der Waals surface area (Å²) in [6, 6.07) is 1.83. The molecule has 1 aliphatic heterocycles. The van der Waals surface area contributed by atoms with Crippen molar-refractivity contribution >= 4 is 33.1 Å². The number of hydrogen-bond donors (Lipinski definition) is 1. The van der Waals surface area contributed by atoms with Crippen molar-refractivity contribution in [3.05, 3.63) is 23.1 Å². The molecule has 10 heteroatoms. The Kier molecular flexibility index (Phi) is 6.02. The lowest BCUT2D eigenvalue weighted by molar-refractivity contribution is 0.215. The van der Waals surface area contributed by atoms with Gasteiger partial charge in [-0.1, -0.05) is 30.9 Å².